The SMILES string of the molecule is O=C(NCc1ccccn1)c1ncsc1-c1ccccc1. The molecular formula is C16H13N3OS. The van der Waals surface area contributed by atoms with Gasteiger partial charge in [0.15, 0.2) is 0 Å². The van der Waals surface area contributed by atoms with Crippen LogP contribution in [0.3, 0.4) is 0 Å². The Balaban J connectivity index is 1.76. The Kier molecular flexibility index (Phi) is 4.02. The summed E-state index contributed by atoms with van der Waals surface area (Å²) in [6.45, 7) is 0.394. The van der Waals surface area contributed by atoms with Gasteiger partial charge in [-0.05, 0) is 17.7 Å². The van der Waals surface area contributed by atoms with Crippen molar-refractivity contribution in [3.8, 4) is 10.4 Å². The van der Waals surface area contributed by atoms with Crippen LogP contribution in [0.15, 0.2) is 60.2 Å². The Morgan fingerprint density at radius 1 is 1.05 bits per heavy atom. The van der Waals surface area contributed by atoms with Crippen molar-refractivity contribution in [3.05, 3.63) is 71.6 Å². The van der Waals surface area contributed by atoms with E-state index in [9.17, 15) is 4.79 Å². The van der Waals surface area contributed by atoms with Gasteiger partial charge in [-0.1, -0.05) is 36.4 Å². The summed E-state index contributed by atoms with van der Waals surface area (Å²) in [7, 11) is 0. The monoisotopic (exact) mass is 295 g/mol. The first-order chi connectivity index (χ1) is 10.3. The van der Waals surface area contributed by atoms with Crippen LogP contribution >= 0.6 is 11.3 Å². The number of carbonyl (C=O) groups is 1. The van der Waals surface area contributed by atoms with E-state index in [0.717, 1.165) is 16.1 Å². The third kappa shape index (κ3) is 3.14. The number of hydrogen-bond acceptors (Lipinski definition) is 4. The van der Waals surface area contributed by atoms with Crippen LogP contribution in [0, 0.1) is 0 Å². The summed E-state index contributed by atoms with van der Waals surface area (Å²) in [5.41, 5.74) is 3.98. The molecule has 2 heterocycles. The predicted molar refractivity (Wildman–Crippen MR) is 83.0 cm³/mol. The van der Waals surface area contributed by atoms with E-state index in [2.05, 4.69) is 15.3 Å². The number of pyridine rings is 1. The van der Waals surface area contributed by atoms with Gasteiger partial charge in [-0.3, -0.25) is 9.78 Å². The molecule has 0 fully saturated rings. The van der Waals surface area contributed by atoms with E-state index in [0.29, 0.717) is 12.2 Å². The summed E-state index contributed by atoms with van der Waals surface area (Å²) in [6.07, 6.45) is 1.71. The molecule has 5 heteroatoms. The zero-order chi connectivity index (χ0) is 14.5. The first kappa shape index (κ1) is 13.5. The lowest BCUT2D eigenvalue weighted by atomic mass is 10.1. The maximum atomic E-state index is 12.3. The van der Waals surface area contributed by atoms with Crippen LogP contribution in [0.1, 0.15) is 16.2 Å². The lowest BCUT2D eigenvalue weighted by Gasteiger charge is -2.05. The van der Waals surface area contributed by atoms with Gasteiger partial charge >= 0.3 is 0 Å². The molecule has 0 aliphatic heterocycles. The van der Waals surface area contributed by atoms with Crippen molar-refractivity contribution in [2.24, 2.45) is 0 Å². The fourth-order valence-corrected chi connectivity index (χ4v) is 2.75. The van der Waals surface area contributed by atoms with Crippen molar-refractivity contribution in [1.82, 2.24) is 15.3 Å². The highest BCUT2D eigenvalue weighted by Gasteiger charge is 2.15. The van der Waals surface area contributed by atoms with Crippen molar-refractivity contribution >= 4 is 17.2 Å². The minimum absolute atomic E-state index is 0.180. The fourth-order valence-electron chi connectivity index (χ4n) is 1.96. The van der Waals surface area contributed by atoms with Crippen LogP contribution in [-0.4, -0.2) is 15.9 Å². The van der Waals surface area contributed by atoms with E-state index in [-0.39, 0.29) is 5.91 Å². The lowest BCUT2D eigenvalue weighted by molar-refractivity contribution is 0.0947. The summed E-state index contributed by atoms with van der Waals surface area (Å²) < 4.78 is 0. The number of rotatable bonds is 4. The number of thiazole rings is 1. The maximum absolute atomic E-state index is 12.3. The standard InChI is InChI=1S/C16H13N3OS/c20-16(18-10-13-8-4-5-9-17-13)14-15(21-11-19-14)12-6-2-1-3-7-12/h1-9,11H,10H2,(H,18,20). The second kappa shape index (κ2) is 6.28. The molecule has 2 aromatic heterocycles. The molecule has 0 unspecified atom stereocenters. The molecule has 1 N–H and O–H groups in total. The molecule has 3 rings (SSSR count). The molecule has 0 bridgehead atoms. The minimum atomic E-state index is -0.180. The number of nitrogens with zero attached hydrogens (tertiary/aromatic N) is 2. The molecule has 21 heavy (non-hydrogen) atoms. The van der Waals surface area contributed by atoms with Crippen molar-refractivity contribution in [2.75, 3.05) is 0 Å². The normalized spacial score (nSPS) is 10.3. The summed E-state index contributed by atoms with van der Waals surface area (Å²) in [4.78, 5) is 21.5. The van der Waals surface area contributed by atoms with Crippen LogP contribution in [-0.2, 0) is 6.54 Å². The van der Waals surface area contributed by atoms with E-state index in [1.807, 2.05) is 48.5 Å². The summed E-state index contributed by atoms with van der Waals surface area (Å²) >= 11 is 1.47. The van der Waals surface area contributed by atoms with E-state index >= 15 is 0 Å². The summed E-state index contributed by atoms with van der Waals surface area (Å²) in [6, 6.07) is 15.4. The number of amides is 1. The number of benzene rings is 1. The minimum Gasteiger partial charge on any atom is -0.345 e. The molecule has 0 saturated heterocycles. The lowest BCUT2D eigenvalue weighted by Crippen LogP contribution is -2.24. The highest BCUT2D eigenvalue weighted by Crippen LogP contribution is 2.27. The van der Waals surface area contributed by atoms with Gasteiger partial charge in [0.1, 0.15) is 5.69 Å². The third-order valence-electron chi connectivity index (χ3n) is 2.97. The fraction of sp³-hybridized carbons (Fsp3) is 0.0625. The Morgan fingerprint density at radius 3 is 2.62 bits per heavy atom. The molecule has 1 amide bonds. The van der Waals surface area contributed by atoms with E-state index < -0.39 is 0 Å². The van der Waals surface area contributed by atoms with E-state index in [1.54, 1.807) is 11.7 Å². The van der Waals surface area contributed by atoms with Crippen molar-refractivity contribution in [2.45, 2.75) is 6.54 Å². The van der Waals surface area contributed by atoms with E-state index in [4.69, 9.17) is 0 Å². The number of nitrogens with one attached hydrogen (secondary N) is 1. The Labute approximate surface area is 126 Å². The molecule has 1 aromatic carbocycles. The average Bonchev–Trinajstić information content (AvgIpc) is 3.04. The molecule has 0 aliphatic carbocycles. The van der Waals surface area contributed by atoms with Gasteiger partial charge in [0.05, 0.1) is 22.6 Å². The molecule has 0 saturated carbocycles. The second-order valence-corrected chi connectivity index (χ2v) is 5.25. The molecule has 0 spiro atoms. The maximum Gasteiger partial charge on any atom is 0.271 e. The number of hydrogen-bond donors (Lipinski definition) is 1. The molecule has 3 aromatic rings. The molecule has 0 radical (unpaired) electrons. The van der Waals surface area contributed by atoms with Gasteiger partial charge in [-0.25, -0.2) is 4.98 Å². The molecule has 0 atom stereocenters. The smallest absolute Gasteiger partial charge is 0.271 e. The predicted octanol–water partition coefficient (Wildman–Crippen LogP) is 3.14. The van der Waals surface area contributed by atoms with Gasteiger partial charge in [0, 0.05) is 6.20 Å². The topological polar surface area (TPSA) is 54.9 Å². The van der Waals surface area contributed by atoms with Crippen LogP contribution in [0.4, 0.5) is 0 Å². The van der Waals surface area contributed by atoms with Gasteiger partial charge in [0.2, 0.25) is 0 Å². The largest absolute Gasteiger partial charge is 0.345 e. The van der Waals surface area contributed by atoms with Crippen molar-refractivity contribution in [3.63, 3.8) is 0 Å². The molecule has 0 aliphatic rings. The second-order valence-electron chi connectivity index (χ2n) is 4.40. The van der Waals surface area contributed by atoms with Gasteiger partial charge in [-0.2, -0.15) is 0 Å². The van der Waals surface area contributed by atoms with Gasteiger partial charge in [-0.15, -0.1) is 11.3 Å². The Bertz CT molecular complexity index is 726. The first-order valence-electron chi connectivity index (χ1n) is 6.51. The number of carbonyl (C=O) groups excluding carboxylic acids is 1. The molecular weight excluding hydrogens is 282 g/mol. The third-order valence-corrected chi connectivity index (χ3v) is 3.85. The Hall–Kier alpha value is -2.53. The van der Waals surface area contributed by atoms with E-state index in [1.165, 1.54) is 11.3 Å². The quantitative estimate of drug-likeness (QED) is 0.804. The first-order valence-corrected chi connectivity index (χ1v) is 7.39. The summed E-state index contributed by atoms with van der Waals surface area (Å²) in [5.74, 6) is -0.180. The average molecular weight is 295 g/mol. The van der Waals surface area contributed by atoms with Crippen LogP contribution in [0.2, 0.25) is 0 Å². The van der Waals surface area contributed by atoms with Crippen LogP contribution in [0.25, 0.3) is 10.4 Å². The molecule has 104 valence electrons. The number of aromatic nitrogens is 2. The Morgan fingerprint density at radius 2 is 1.86 bits per heavy atom. The van der Waals surface area contributed by atoms with Crippen LogP contribution in [0.5, 0.6) is 0 Å². The van der Waals surface area contributed by atoms with Gasteiger partial charge < -0.3 is 5.32 Å². The van der Waals surface area contributed by atoms with Crippen molar-refractivity contribution in [1.29, 1.82) is 0 Å². The summed E-state index contributed by atoms with van der Waals surface area (Å²) in [5, 5.41) is 2.85. The molecule has 4 nitrogen and oxygen atoms in total. The van der Waals surface area contributed by atoms with Crippen LogP contribution < -0.4 is 5.32 Å². The highest BCUT2D eigenvalue weighted by atomic mass is 32.1. The van der Waals surface area contributed by atoms with Gasteiger partial charge in [0.25, 0.3) is 5.91 Å². The zero-order valence-corrected chi connectivity index (χ0v) is 12.0. The highest BCUT2D eigenvalue weighted by molar-refractivity contribution is 7.13. The zero-order valence-electron chi connectivity index (χ0n) is 11.2. The van der Waals surface area contributed by atoms with Crippen molar-refractivity contribution < 1.29 is 4.79 Å².